The molecule has 88 valence electrons. The molecule has 0 unspecified atom stereocenters. The van der Waals surface area contributed by atoms with Crippen molar-refractivity contribution in [2.75, 3.05) is 5.32 Å². The lowest BCUT2D eigenvalue weighted by Gasteiger charge is -1.98. The number of hydrogen-bond acceptors (Lipinski definition) is 6. The summed E-state index contributed by atoms with van der Waals surface area (Å²) in [6.07, 6.45) is 2.59. The van der Waals surface area contributed by atoms with E-state index in [2.05, 4.69) is 25.6 Å². The van der Waals surface area contributed by atoms with Crippen LogP contribution in [-0.2, 0) is 11.3 Å². The molecule has 0 aliphatic carbocycles. The van der Waals surface area contributed by atoms with E-state index in [1.165, 1.54) is 18.6 Å². The van der Waals surface area contributed by atoms with Crippen molar-refractivity contribution in [1.29, 1.82) is 0 Å². The number of carbonyl (C=O) groups excluding carboxylic acids is 1. The van der Waals surface area contributed by atoms with Crippen LogP contribution in [0, 0.1) is 10.1 Å². The van der Waals surface area contributed by atoms with Crippen molar-refractivity contribution >= 4 is 17.7 Å². The molecule has 10 heteroatoms. The molecular weight excluding hydrogens is 230 g/mol. The van der Waals surface area contributed by atoms with Crippen LogP contribution < -0.4 is 5.32 Å². The highest BCUT2D eigenvalue weighted by molar-refractivity contribution is 5.88. The van der Waals surface area contributed by atoms with E-state index in [0.29, 0.717) is 0 Å². The quantitative estimate of drug-likeness (QED) is 0.546. The third-order valence-electron chi connectivity index (χ3n) is 1.79. The number of anilines is 1. The molecule has 0 bridgehead atoms. The summed E-state index contributed by atoms with van der Waals surface area (Å²) in [4.78, 5) is 24.9. The third kappa shape index (κ3) is 2.62. The Labute approximate surface area is 93.8 Å². The van der Waals surface area contributed by atoms with E-state index in [1.54, 1.807) is 0 Å². The van der Waals surface area contributed by atoms with Crippen molar-refractivity contribution in [1.82, 2.24) is 25.0 Å². The molecule has 0 aromatic carbocycles. The highest BCUT2D eigenvalue weighted by Crippen LogP contribution is 2.05. The fraction of sp³-hybridized carbons (Fsp3) is 0.143. The zero-order valence-electron chi connectivity index (χ0n) is 8.40. The standard InChI is InChI=1S/C7H7N7O3/c15-6(10-7-8-4-9-11-7)3-13-2-1-5(12-13)14(16)17/h1-2,4H,3H2,(H2,8,9,10,11,15). The predicted molar refractivity (Wildman–Crippen MR) is 53.9 cm³/mol. The van der Waals surface area contributed by atoms with Gasteiger partial charge in [-0.05, 0) is 4.92 Å². The highest BCUT2D eigenvalue weighted by atomic mass is 16.6. The van der Waals surface area contributed by atoms with Crippen LogP contribution in [0.25, 0.3) is 0 Å². The zero-order chi connectivity index (χ0) is 12.3. The van der Waals surface area contributed by atoms with Gasteiger partial charge >= 0.3 is 5.82 Å². The SMILES string of the molecule is O=C(Cn1ccc([N+](=O)[O-])n1)Nc1ncn[nH]1. The first-order valence-electron chi connectivity index (χ1n) is 4.48. The Morgan fingerprint density at radius 3 is 3.06 bits per heavy atom. The van der Waals surface area contributed by atoms with Gasteiger partial charge in [0.25, 0.3) is 5.91 Å². The Balaban J connectivity index is 1.96. The van der Waals surface area contributed by atoms with Crippen LogP contribution in [0.4, 0.5) is 11.8 Å². The lowest BCUT2D eigenvalue weighted by Crippen LogP contribution is -2.19. The Morgan fingerprint density at radius 1 is 1.65 bits per heavy atom. The van der Waals surface area contributed by atoms with Gasteiger partial charge in [0, 0.05) is 0 Å². The van der Waals surface area contributed by atoms with Gasteiger partial charge in [0.15, 0.2) is 0 Å². The van der Waals surface area contributed by atoms with Crippen LogP contribution in [0.1, 0.15) is 0 Å². The summed E-state index contributed by atoms with van der Waals surface area (Å²) in [7, 11) is 0. The van der Waals surface area contributed by atoms with E-state index in [1.807, 2.05) is 0 Å². The maximum atomic E-state index is 11.4. The summed E-state index contributed by atoms with van der Waals surface area (Å²) >= 11 is 0. The number of aromatic nitrogens is 5. The van der Waals surface area contributed by atoms with Crippen molar-refractivity contribution in [2.24, 2.45) is 0 Å². The fourth-order valence-corrected chi connectivity index (χ4v) is 1.12. The van der Waals surface area contributed by atoms with Gasteiger partial charge in [-0.3, -0.25) is 10.1 Å². The molecule has 0 saturated heterocycles. The largest absolute Gasteiger partial charge is 0.389 e. The second-order valence-electron chi connectivity index (χ2n) is 3.01. The van der Waals surface area contributed by atoms with E-state index in [9.17, 15) is 14.9 Å². The van der Waals surface area contributed by atoms with Crippen molar-refractivity contribution in [3.63, 3.8) is 0 Å². The second-order valence-corrected chi connectivity index (χ2v) is 3.01. The minimum Gasteiger partial charge on any atom is -0.358 e. The summed E-state index contributed by atoms with van der Waals surface area (Å²) in [6, 6.07) is 1.21. The molecule has 0 aliphatic heterocycles. The monoisotopic (exact) mass is 237 g/mol. The lowest BCUT2D eigenvalue weighted by molar-refractivity contribution is -0.389. The van der Waals surface area contributed by atoms with Gasteiger partial charge in [0.1, 0.15) is 12.9 Å². The number of H-pyrrole nitrogens is 1. The van der Waals surface area contributed by atoms with Gasteiger partial charge in [0.2, 0.25) is 5.95 Å². The minimum atomic E-state index is -0.634. The van der Waals surface area contributed by atoms with Gasteiger partial charge in [-0.15, -0.1) is 0 Å². The summed E-state index contributed by atoms with van der Waals surface area (Å²) in [5.41, 5.74) is 0. The molecule has 10 nitrogen and oxygen atoms in total. The van der Waals surface area contributed by atoms with Crippen LogP contribution in [0.15, 0.2) is 18.6 Å². The number of carbonyl (C=O) groups is 1. The molecule has 2 heterocycles. The van der Waals surface area contributed by atoms with Crippen molar-refractivity contribution in [3.8, 4) is 0 Å². The molecule has 0 atom stereocenters. The molecule has 2 N–H and O–H groups in total. The Morgan fingerprint density at radius 2 is 2.47 bits per heavy atom. The van der Waals surface area contributed by atoms with Crippen molar-refractivity contribution < 1.29 is 9.72 Å². The molecule has 2 aromatic heterocycles. The molecule has 1 amide bonds. The van der Waals surface area contributed by atoms with Gasteiger partial charge in [0.05, 0.1) is 17.4 Å². The van der Waals surface area contributed by atoms with Crippen molar-refractivity contribution in [3.05, 3.63) is 28.7 Å². The average Bonchev–Trinajstić information content (AvgIpc) is 2.88. The van der Waals surface area contributed by atoms with Crippen molar-refractivity contribution in [2.45, 2.75) is 6.54 Å². The maximum Gasteiger partial charge on any atom is 0.389 e. The maximum absolute atomic E-state index is 11.4. The number of nitrogens with zero attached hydrogens (tertiary/aromatic N) is 5. The molecular formula is C7H7N7O3. The molecule has 17 heavy (non-hydrogen) atoms. The van der Waals surface area contributed by atoms with Crippen LogP contribution in [0.5, 0.6) is 0 Å². The van der Waals surface area contributed by atoms with E-state index < -0.39 is 10.8 Å². The molecule has 2 rings (SSSR count). The number of hydrogen-bond donors (Lipinski definition) is 2. The number of nitrogens with one attached hydrogen (secondary N) is 2. The van der Waals surface area contributed by atoms with E-state index >= 15 is 0 Å². The van der Waals surface area contributed by atoms with Crippen LogP contribution in [0.3, 0.4) is 0 Å². The molecule has 0 saturated carbocycles. The topological polar surface area (TPSA) is 132 Å². The van der Waals surface area contributed by atoms with E-state index in [4.69, 9.17) is 0 Å². The number of nitro groups is 1. The number of aromatic amines is 1. The summed E-state index contributed by atoms with van der Waals surface area (Å²) in [5, 5.41) is 22.4. The highest BCUT2D eigenvalue weighted by Gasteiger charge is 2.13. The Bertz CT molecular complexity index is 531. The first kappa shape index (κ1) is 10.7. The summed E-state index contributed by atoms with van der Waals surface area (Å²) < 4.78 is 1.16. The van der Waals surface area contributed by atoms with E-state index in [-0.39, 0.29) is 18.3 Å². The Hall–Kier alpha value is -2.78. The predicted octanol–water partition coefficient (Wildman–Crippen LogP) is -0.452. The van der Waals surface area contributed by atoms with Crippen LogP contribution in [-0.4, -0.2) is 35.8 Å². The van der Waals surface area contributed by atoms with Gasteiger partial charge in [-0.1, -0.05) is 0 Å². The molecule has 0 fully saturated rings. The minimum absolute atomic E-state index is 0.144. The molecule has 0 aliphatic rings. The number of rotatable bonds is 4. The normalized spacial score (nSPS) is 10.1. The summed E-state index contributed by atoms with van der Waals surface area (Å²) in [5.74, 6) is -0.520. The zero-order valence-corrected chi connectivity index (χ0v) is 8.40. The number of amides is 1. The second kappa shape index (κ2) is 4.38. The Kier molecular flexibility index (Phi) is 2.77. The van der Waals surface area contributed by atoms with Crippen LogP contribution in [0.2, 0.25) is 0 Å². The first-order valence-corrected chi connectivity index (χ1v) is 4.48. The third-order valence-corrected chi connectivity index (χ3v) is 1.79. The van der Waals surface area contributed by atoms with Gasteiger partial charge in [-0.25, -0.2) is 5.10 Å². The average molecular weight is 237 g/mol. The summed E-state index contributed by atoms with van der Waals surface area (Å²) in [6.45, 7) is -0.144. The fourth-order valence-electron chi connectivity index (χ4n) is 1.12. The smallest absolute Gasteiger partial charge is 0.358 e. The molecule has 2 aromatic rings. The van der Waals surface area contributed by atoms with Gasteiger partial charge < -0.3 is 10.1 Å². The van der Waals surface area contributed by atoms with Gasteiger partial charge in [-0.2, -0.15) is 14.8 Å². The lowest BCUT2D eigenvalue weighted by atomic mass is 10.6. The van der Waals surface area contributed by atoms with E-state index in [0.717, 1.165) is 4.68 Å². The van der Waals surface area contributed by atoms with Crippen LogP contribution >= 0.6 is 0 Å². The molecule has 0 spiro atoms. The first-order chi connectivity index (χ1) is 8.15. The molecule has 0 radical (unpaired) electrons.